The summed E-state index contributed by atoms with van der Waals surface area (Å²) in [6, 6.07) is -5.96. The number of thiol groups is 2. The van der Waals surface area contributed by atoms with E-state index in [9.17, 15) is 72.2 Å². The van der Waals surface area contributed by atoms with E-state index in [1.54, 1.807) is 13.8 Å². The van der Waals surface area contributed by atoms with Gasteiger partial charge in [0.25, 0.3) is 0 Å². The molecule has 12 atom stereocenters. The Bertz CT molecular complexity index is 3240. The summed E-state index contributed by atoms with van der Waals surface area (Å²) in [5.41, 5.74) is 29.5. The fraction of sp³-hybridized carbons (Fsp3) is 0.642. The van der Waals surface area contributed by atoms with Gasteiger partial charge in [-0.3, -0.25) is 72.1 Å². The number of aliphatic imine (C=N–C) groups is 1. The van der Waals surface area contributed by atoms with Crippen LogP contribution in [0.15, 0.2) is 47.8 Å². The van der Waals surface area contributed by atoms with Crippen LogP contribution < -0.4 is 87.2 Å². The minimum Gasteiger partial charge on any atom is -0.394 e. The van der Waals surface area contributed by atoms with Crippen LogP contribution in [0.4, 0.5) is 0 Å². The number of aromatic nitrogens is 2. The van der Waals surface area contributed by atoms with E-state index in [-0.39, 0.29) is 107 Å². The number of aliphatic hydroxyl groups is 1. The Hall–Kier alpha value is -9.14. The van der Waals surface area contributed by atoms with Crippen molar-refractivity contribution in [3.63, 3.8) is 0 Å². The number of imidazole rings is 1. The van der Waals surface area contributed by atoms with E-state index in [0.29, 0.717) is 57.2 Å². The highest BCUT2D eigenvalue weighted by Gasteiger charge is 2.42. The Kier molecular flexibility index (Phi) is 39.2. The van der Waals surface area contributed by atoms with Gasteiger partial charge in [-0.1, -0.05) is 63.9 Å². The summed E-state index contributed by atoms with van der Waals surface area (Å²) in [5, 5.41) is 39.1. The molecule has 2 aliphatic rings. The van der Waals surface area contributed by atoms with Crippen molar-refractivity contribution < 1.29 is 72.2 Å². The molecule has 38 heteroatoms. The molecule has 2 aromatic rings. The number of primary amides is 1. The van der Waals surface area contributed by atoms with E-state index in [4.69, 9.17) is 28.7 Å². The number of rotatable bonds is 47. The lowest BCUT2D eigenvalue weighted by Crippen LogP contribution is -2.61. The van der Waals surface area contributed by atoms with Gasteiger partial charge in [-0.25, -0.2) is 4.98 Å². The Balaban J connectivity index is 1.41. The van der Waals surface area contributed by atoms with Crippen molar-refractivity contribution in [2.75, 3.05) is 57.4 Å². The van der Waals surface area contributed by atoms with Crippen LogP contribution in [0.2, 0.25) is 0 Å². The van der Waals surface area contributed by atoms with Crippen LogP contribution in [0, 0.1) is 5.92 Å². The molecule has 3 heterocycles. The highest BCUT2D eigenvalue weighted by molar-refractivity contribution is 7.80. The first-order chi connectivity index (χ1) is 50.0. The normalized spacial score (nSPS) is 16.9. The lowest BCUT2D eigenvalue weighted by Gasteiger charge is -2.31. The molecule has 2 aliphatic heterocycles. The van der Waals surface area contributed by atoms with E-state index in [1.165, 1.54) is 29.2 Å². The van der Waals surface area contributed by atoms with Gasteiger partial charge in [-0.15, -0.1) is 0 Å². The minimum absolute atomic E-state index is 0.00300. The van der Waals surface area contributed by atoms with Gasteiger partial charge in [0, 0.05) is 62.4 Å². The number of nitrogens with zero attached hydrogens (tertiary/aromatic N) is 4. The summed E-state index contributed by atoms with van der Waals surface area (Å²) in [5.74, 6) is -12.2. The number of guanidine groups is 1. The Morgan fingerprint density at radius 2 is 1.10 bits per heavy atom. The van der Waals surface area contributed by atoms with Crippen LogP contribution in [0.25, 0.3) is 0 Å². The zero-order chi connectivity index (χ0) is 77.7. The van der Waals surface area contributed by atoms with Gasteiger partial charge in [0.2, 0.25) is 82.7 Å². The number of nitrogens with two attached hydrogens (primary N) is 5. The molecule has 0 saturated carbocycles. The van der Waals surface area contributed by atoms with Crippen molar-refractivity contribution in [1.29, 1.82) is 0 Å². The molecule has 0 bridgehead atoms. The molecule has 105 heavy (non-hydrogen) atoms. The molecule has 0 radical (unpaired) electrons. The van der Waals surface area contributed by atoms with Gasteiger partial charge >= 0.3 is 0 Å². The highest BCUT2D eigenvalue weighted by atomic mass is 32.1. The quantitative estimate of drug-likeness (QED) is 0.0127. The average Bonchev–Trinajstić information content (AvgIpc) is 1.74. The smallest absolute Gasteiger partial charge is 0.245 e. The molecule has 0 aliphatic carbocycles. The molecule has 4 rings (SSSR count). The highest BCUT2D eigenvalue weighted by Crippen LogP contribution is 2.22. The van der Waals surface area contributed by atoms with E-state index < -0.39 is 169 Å². The maximum atomic E-state index is 14.6. The maximum absolute atomic E-state index is 14.6. The minimum atomic E-state index is -1.73. The fourth-order valence-electron chi connectivity index (χ4n) is 11.7. The first kappa shape index (κ1) is 88.3. The summed E-state index contributed by atoms with van der Waals surface area (Å²) < 4.78 is 0. The summed E-state index contributed by atoms with van der Waals surface area (Å²) in [4.78, 5) is 206. The molecule has 0 unspecified atom stereocenters. The van der Waals surface area contributed by atoms with Gasteiger partial charge in [0.1, 0.15) is 66.5 Å². The zero-order valence-electron chi connectivity index (χ0n) is 60.2. The van der Waals surface area contributed by atoms with Gasteiger partial charge < -0.3 is 107 Å². The van der Waals surface area contributed by atoms with Gasteiger partial charge in [0.15, 0.2) is 5.96 Å². The van der Waals surface area contributed by atoms with E-state index >= 15 is 0 Å². The standard InChI is InChI=1S/C67H109N21O15S2/c1-5-6-17-42(56(93)74-27-24-40-15-8-7-9-16-40)80-64(101)51-20-13-28-87(51)54(91)33-76-57(94)43(18-10-11-25-68)78-62(99)49(35-104)85-61(98)48(34-89)84-59(96)46(30-38(2)3)83-63(100)50(36-105)86-65(102)52-21-14-29-88(52)66(103)45(19-12-26-75-67(71)72)81-58(95)44(22-23-53(70)90)79-60(97)47(82-55(92)39(4)69)31-41-32-73-37-77-41/h7-9,15-16,32,37-39,42-52,89,104-105H,5-6,10-14,17-31,33-36,68-69H2,1-4H3,(H2,70,90)(H,73,77)(H,74,93)(H,76,94)(H,78,99)(H,79,97)(H,80,101)(H,81,95)(H,82,92)(H,83,100)(H,84,96)(H,85,98)(H,86,102)(H4,71,72,75)/t39-,42+,43-,44-,45-,46-,47-,48-,49-,50-,51-,52-/m0/s1. The number of likely N-dealkylation sites (tertiary alicyclic amines) is 2. The van der Waals surface area contributed by atoms with Crippen molar-refractivity contribution in [3.8, 4) is 0 Å². The number of aliphatic hydroxyl groups excluding tert-OH is 1. The number of carbonyl (C=O) groups is 14. The number of benzene rings is 1. The maximum Gasteiger partial charge on any atom is 0.245 e. The monoisotopic (exact) mass is 1510 g/mol. The molecule has 0 spiro atoms. The molecule has 14 amide bonds. The molecule has 2 saturated heterocycles. The SMILES string of the molecule is CCCC[C@@H](NC(=O)[C@@H]1CCCN1C(=O)CNC(=O)[C@H](CCCCN)NC(=O)[C@H](CS)NC(=O)[C@H](CO)NC(=O)[C@H](CC(C)C)NC(=O)[C@H](CS)NC(=O)[C@@H]1CCCN1C(=O)[C@H](CCCN=C(N)N)NC(=O)[C@H](CCC(N)=O)NC(=O)[C@H](Cc1cnc[nH]1)NC(=O)[C@H](C)N)C(=O)NCCc1ccccc1. The third kappa shape index (κ3) is 30.5. The largest absolute Gasteiger partial charge is 0.394 e. The summed E-state index contributed by atoms with van der Waals surface area (Å²) >= 11 is 8.58. The van der Waals surface area contributed by atoms with Crippen molar-refractivity contribution in [3.05, 3.63) is 54.1 Å². The second-order valence-electron chi connectivity index (χ2n) is 26.4. The second-order valence-corrected chi connectivity index (χ2v) is 27.1. The summed E-state index contributed by atoms with van der Waals surface area (Å²) in [6.07, 6.45) is 6.29. The average molecular weight is 1510 g/mol. The topological polar surface area (TPSA) is 569 Å². The first-order valence-electron chi connectivity index (χ1n) is 35.6. The third-order valence-corrected chi connectivity index (χ3v) is 18.2. The van der Waals surface area contributed by atoms with Crippen LogP contribution in [0.3, 0.4) is 0 Å². The number of H-pyrrole nitrogens is 1. The second kappa shape index (κ2) is 46.6. The lowest BCUT2D eigenvalue weighted by molar-refractivity contribution is -0.142. The number of aromatic amines is 1. The fourth-order valence-corrected chi connectivity index (χ4v) is 12.2. The van der Waals surface area contributed by atoms with Crippen molar-refractivity contribution in [2.45, 2.75) is 209 Å². The van der Waals surface area contributed by atoms with Gasteiger partial charge in [0.05, 0.1) is 25.5 Å². The number of carbonyl (C=O) groups excluding carboxylic acids is 14. The van der Waals surface area contributed by atoms with Crippen molar-refractivity contribution in [2.24, 2.45) is 39.6 Å². The molecule has 1 aromatic heterocycles. The van der Waals surface area contributed by atoms with Crippen LogP contribution in [-0.4, -0.2) is 243 Å². The molecular formula is C67H109N21O15S2. The molecule has 23 N–H and O–H groups in total. The number of unbranched alkanes of at least 4 members (excludes halogenated alkanes) is 2. The Morgan fingerprint density at radius 1 is 0.600 bits per heavy atom. The van der Waals surface area contributed by atoms with Crippen LogP contribution >= 0.6 is 25.3 Å². The molecular weight excluding hydrogens is 1400 g/mol. The predicted octanol–water partition coefficient (Wildman–Crippen LogP) is -5.34. The summed E-state index contributed by atoms with van der Waals surface area (Å²) in [7, 11) is 0. The van der Waals surface area contributed by atoms with E-state index in [1.807, 2.05) is 37.3 Å². The Labute approximate surface area is 622 Å². The predicted molar refractivity (Wildman–Crippen MR) is 394 cm³/mol. The molecule has 584 valence electrons. The number of hydrogen-bond donors (Lipinski definition) is 20. The molecule has 36 nitrogen and oxygen atoms in total. The number of nitrogens with one attached hydrogen (secondary N) is 12. The number of hydrogen-bond acceptors (Lipinski definition) is 21. The molecule has 1 aromatic carbocycles. The van der Waals surface area contributed by atoms with Crippen LogP contribution in [-0.2, 0) is 80.0 Å². The van der Waals surface area contributed by atoms with Crippen LogP contribution in [0.1, 0.15) is 135 Å². The molecule has 2 fully saturated rings. The van der Waals surface area contributed by atoms with E-state index in [0.717, 1.165) is 12.0 Å². The van der Waals surface area contributed by atoms with E-state index in [2.05, 4.69) is 98.7 Å². The van der Waals surface area contributed by atoms with Crippen molar-refractivity contribution >= 4 is 114 Å². The first-order valence-corrected chi connectivity index (χ1v) is 36.8. The number of amides is 14. The Morgan fingerprint density at radius 3 is 1.69 bits per heavy atom. The van der Waals surface area contributed by atoms with Gasteiger partial charge in [-0.05, 0) is 108 Å². The zero-order valence-corrected chi connectivity index (χ0v) is 62.0. The van der Waals surface area contributed by atoms with Gasteiger partial charge in [-0.2, -0.15) is 25.3 Å². The van der Waals surface area contributed by atoms with Crippen LogP contribution in [0.5, 0.6) is 0 Å². The summed E-state index contributed by atoms with van der Waals surface area (Å²) in [6.45, 7) is 6.09. The van der Waals surface area contributed by atoms with Crippen molar-refractivity contribution in [1.82, 2.24) is 78.3 Å². The third-order valence-electron chi connectivity index (χ3n) is 17.4. The lowest BCUT2D eigenvalue weighted by atomic mass is 10.0.